The third-order valence-electron chi connectivity index (χ3n) is 4.32. The third kappa shape index (κ3) is 3.25. The number of aryl methyl sites for hydroxylation is 1. The molecule has 0 radical (unpaired) electrons. The molecule has 118 valence electrons. The number of hydrogen-bond acceptors (Lipinski definition) is 3. The first-order valence-corrected chi connectivity index (χ1v) is 7.51. The number of ether oxygens (including phenoxy) is 2. The van der Waals surface area contributed by atoms with Gasteiger partial charge in [-0.05, 0) is 36.1 Å². The quantitative estimate of drug-likeness (QED) is 0.888. The number of rotatable bonds is 6. The summed E-state index contributed by atoms with van der Waals surface area (Å²) in [5, 5.41) is 0. The number of benzene rings is 2. The average molecular weight is 299 g/mol. The van der Waals surface area contributed by atoms with Crippen LogP contribution >= 0.6 is 0 Å². The second kappa shape index (κ2) is 6.84. The molecule has 2 aromatic carbocycles. The Hall–Kier alpha value is -2.00. The third-order valence-corrected chi connectivity index (χ3v) is 4.32. The molecule has 2 aromatic rings. The Morgan fingerprint density at radius 2 is 1.77 bits per heavy atom. The molecule has 0 bridgehead atoms. The summed E-state index contributed by atoms with van der Waals surface area (Å²) in [4.78, 5) is 0. The van der Waals surface area contributed by atoms with E-state index in [-0.39, 0.29) is 5.41 Å². The van der Waals surface area contributed by atoms with Gasteiger partial charge in [0, 0.05) is 18.0 Å². The first-order valence-electron chi connectivity index (χ1n) is 7.51. The van der Waals surface area contributed by atoms with Gasteiger partial charge in [0.15, 0.2) is 0 Å². The first kappa shape index (κ1) is 16.4. The van der Waals surface area contributed by atoms with Crippen molar-refractivity contribution in [3.63, 3.8) is 0 Å². The second-order valence-corrected chi connectivity index (χ2v) is 5.93. The van der Waals surface area contributed by atoms with Crippen LogP contribution < -0.4 is 15.2 Å². The fraction of sp³-hybridized carbons (Fsp3) is 0.368. The smallest absolute Gasteiger partial charge is 0.125 e. The van der Waals surface area contributed by atoms with Crippen LogP contribution in [0.4, 0.5) is 0 Å². The summed E-state index contributed by atoms with van der Waals surface area (Å²) in [6.45, 7) is 4.92. The fourth-order valence-electron chi connectivity index (χ4n) is 2.95. The van der Waals surface area contributed by atoms with Crippen molar-refractivity contribution in [2.45, 2.75) is 25.7 Å². The summed E-state index contributed by atoms with van der Waals surface area (Å²) in [6.07, 6.45) is 0.821. The minimum absolute atomic E-state index is 0.132. The van der Waals surface area contributed by atoms with Crippen LogP contribution in [-0.4, -0.2) is 20.8 Å². The lowest BCUT2D eigenvalue weighted by molar-refractivity contribution is 0.384. The van der Waals surface area contributed by atoms with Gasteiger partial charge in [-0.2, -0.15) is 0 Å². The van der Waals surface area contributed by atoms with Gasteiger partial charge >= 0.3 is 0 Å². The molecule has 2 N–H and O–H groups in total. The summed E-state index contributed by atoms with van der Waals surface area (Å²) in [7, 11) is 3.34. The van der Waals surface area contributed by atoms with E-state index in [9.17, 15) is 0 Å². The normalized spacial score (nSPS) is 13.5. The minimum atomic E-state index is -0.132. The summed E-state index contributed by atoms with van der Waals surface area (Å²) >= 11 is 0. The molecule has 2 rings (SSSR count). The van der Waals surface area contributed by atoms with E-state index < -0.39 is 0 Å². The van der Waals surface area contributed by atoms with Gasteiger partial charge in [0.1, 0.15) is 11.5 Å². The Morgan fingerprint density at radius 1 is 1.05 bits per heavy atom. The fourth-order valence-corrected chi connectivity index (χ4v) is 2.95. The highest BCUT2D eigenvalue weighted by atomic mass is 16.5. The van der Waals surface area contributed by atoms with Gasteiger partial charge in [-0.3, -0.25) is 0 Å². The SMILES string of the molecule is COc1ccc(CC(C)(CN)c2ccccc2C)c(OC)c1. The summed E-state index contributed by atoms with van der Waals surface area (Å²) < 4.78 is 10.8. The van der Waals surface area contributed by atoms with E-state index in [1.165, 1.54) is 11.1 Å². The topological polar surface area (TPSA) is 44.5 Å². The van der Waals surface area contributed by atoms with Crippen LogP contribution in [0.3, 0.4) is 0 Å². The van der Waals surface area contributed by atoms with E-state index in [4.69, 9.17) is 15.2 Å². The summed E-state index contributed by atoms with van der Waals surface area (Å²) in [6, 6.07) is 14.4. The Labute approximate surface area is 133 Å². The zero-order chi connectivity index (χ0) is 16.2. The van der Waals surface area contributed by atoms with Gasteiger partial charge < -0.3 is 15.2 Å². The molecule has 22 heavy (non-hydrogen) atoms. The lowest BCUT2D eigenvalue weighted by Gasteiger charge is -2.31. The molecule has 0 aliphatic carbocycles. The second-order valence-electron chi connectivity index (χ2n) is 5.93. The average Bonchev–Trinajstić information content (AvgIpc) is 2.55. The van der Waals surface area contributed by atoms with Crippen molar-refractivity contribution in [1.82, 2.24) is 0 Å². The van der Waals surface area contributed by atoms with E-state index in [0.29, 0.717) is 6.54 Å². The van der Waals surface area contributed by atoms with Crippen molar-refractivity contribution < 1.29 is 9.47 Å². The number of methoxy groups -OCH3 is 2. The molecule has 0 aromatic heterocycles. The maximum absolute atomic E-state index is 6.14. The standard InChI is InChI=1S/C19H25NO2/c1-14-7-5-6-8-17(14)19(2,13-20)12-15-9-10-16(21-3)11-18(15)22-4/h5-11H,12-13,20H2,1-4H3. The van der Waals surface area contributed by atoms with Crippen molar-refractivity contribution in [2.75, 3.05) is 20.8 Å². The monoisotopic (exact) mass is 299 g/mol. The highest BCUT2D eigenvalue weighted by Gasteiger charge is 2.28. The lowest BCUT2D eigenvalue weighted by Crippen LogP contribution is -2.35. The van der Waals surface area contributed by atoms with Gasteiger partial charge in [-0.15, -0.1) is 0 Å². The maximum atomic E-state index is 6.14. The molecule has 1 atom stereocenters. The summed E-state index contributed by atoms with van der Waals surface area (Å²) in [5.41, 5.74) is 9.70. The van der Waals surface area contributed by atoms with Crippen molar-refractivity contribution in [3.8, 4) is 11.5 Å². The first-order chi connectivity index (χ1) is 10.5. The Kier molecular flexibility index (Phi) is 5.09. The Bertz CT molecular complexity index is 639. The molecule has 0 heterocycles. The predicted octanol–water partition coefficient (Wildman–Crippen LogP) is 3.47. The van der Waals surface area contributed by atoms with E-state index in [2.05, 4.69) is 44.2 Å². The van der Waals surface area contributed by atoms with Gasteiger partial charge in [0.2, 0.25) is 0 Å². The number of nitrogens with two attached hydrogens (primary N) is 1. The Balaban J connectivity index is 2.40. The van der Waals surface area contributed by atoms with E-state index in [0.717, 1.165) is 23.5 Å². The van der Waals surface area contributed by atoms with Crippen molar-refractivity contribution >= 4 is 0 Å². The molecule has 0 aliphatic heterocycles. The van der Waals surface area contributed by atoms with Crippen LogP contribution in [0, 0.1) is 6.92 Å². The molecule has 0 amide bonds. The van der Waals surface area contributed by atoms with Gasteiger partial charge in [-0.1, -0.05) is 37.3 Å². The van der Waals surface area contributed by atoms with Gasteiger partial charge in [0.25, 0.3) is 0 Å². The zero-order valence-corrected chi connectivity index (χ0v) is 13.8. The van der Waals surface area contributed by atoms with Gasteiger partial charge in [0.05, 0.1) is 14.2 Å². The molecule has 1 unspecified atom stereocenters. The van der Waals surface area contributed by atoms with Crippen LogP contribution in [0.5, 0.6) is 11.5 Å². The van der Waals surface area contributed by atoms with Crippen LogP contribution in [0.1, 0.15) is 23.6 Å². The van der Waals surface area contributed by atoms with Crippen LogP contribution in [0.2, 0.25) is 0 Å². The van der Waals surface area contributed by atoms with Crippen molar-refractivity contribution in [2.24, 2.45) is 5.73 Å². The molecule has 0 saturated carbocycles. The highest BCUT2D eigenvalue weighted by Crippen LogP contribution is 2.34. The van der Waals surface area contributed by atoms with Gasteiger partial charge in [-0.25, -0.2) is 0 Å². The largest absolute Gasteiger partial charge is 0.497 e. The van der Waals surface area contributed by atoms with Crippen molar-refractivity contribution in [3.05, 3.63) is 59.2 Å². The van der Waals surface area contributed by atoms with Crippen LogP contribution in [0.15, 0.2) is 42.5 Å². The van der Waals surface area contributed by atoms with Crippen LogP contribution in [0.25, 0.3) is 0 Å². The zero-order valence-electron chi connectivity index (χ0n) is 13.8. The predicted molar refractivity (Wildman–Crippen MR) is 90.8 cm³/mol. The lowest BCUT2D eigenvalue weighted by atomic mass is 9.75. The highest BCUT2D eigenvalue weighted by molar-refractivity contribution is 5.44. The summed E-state index contributed by atoms with van der Waals surface area (Å²) in [5.74, 6) is 1.64. The molecule has 3 heteroatoms. The molecule has 0 saturated heterocycles. The molecular formula is C19H25NO2. The molecule has 0 fully saturated rings. The molecule has 0 aliphatic rings. The van der Waals surface area contributed by atoms with E-state index in [1.807, 2.05) is 12.1 Å². The van der Waals surface area contributed by atoms with Crippen molar-refractivity contribution in [1.29, 1.82) is 0 Å². The molecular weight excluding hydrogens is 274 g/mol. The van der Waals surface area contributed by atoms with E-state index in [1.54, 1.807) is 14.2 Å². The minimum Gasteiger partial charge on any atom is -0.497 e. The van der Waals surface area contributed by atoms with E-state index >= 15 is 0 Å². The molecule has 0 spiro atoms. The van der Waals surface area contributed by atoms with Crippen LogP contribution in [-0.2, 0) is 11.8 Å². The molecule has 3 nitrogen and oxygen atoms in total. The number of hydrogen-bond donors (Lipinski definition) is 1. The Morgan fingerprint density at radius 3 is 2.36 bits per heavy atom. The maximum Gasteiger partial charge on any atom is 0.125 e.